The smallest absolute Gasteiger partial charge is 0.130 e. The van der Waals surface area contributed by atoms with Crippen LogP contribution >= 0.6 is 0 Å². The molecule has 1 aromatic rings. The lowest BCUT2D eigenvalue weighted by Crippen LogP contribution is -2.26. The number of aryl methyl sites for hydroxylation is 1. The summed E-state index contributed by atoms with van der Waals surface area (Å²) in [6.45, 7) is 8.63. The molecule has 0 spiro atoms. The predicted octanol–water partition coefficient (Wildman–Crippen LogP) is 3.28. The Kier molecular flexibility index (Phi) is 3.56. The number of rotatable bonds is 3. The molecule has 0 unspecified atom stereocenters. The van der Waals surface area contributed by atoms with Crippen LogP contribution in [-0.2, 0) is 0 Å². The minimum absolute atomic E-state index is 0.443. The van der Waals surface area contributed by atoms with E-state index >= 15 is 0 Å². The van der Waals surface area contributed by atoms with Gasteiger partial charge in [-0.05, 0) is 43.7 Å². The first kappa shape index (κ1) is 12.9. The van der Waals surface area contributed by atoms with Crippen molar-refractivity contribution < 1.29 is 0 Å². The van der Waals surface area contributed by atoms with E-state index < -0.39 is 0 Å². The molecule has 0 aromatic carbocycles. The maximum absolute atomic E-state index is 9.03. The summed E-state index contributed by atoms with van der Waals surface area (Å²) in [4.78, 5) is 6.91. The molecule has 1 aromatic heterocycles. The third-order valence-electron chi connectivity index (χ3n) is 4.33. The molecule has 0 aliphatic carbocycles. The molecule has 0 amide bonds. The molecular formula is C15H21N3. The largest absolute Gasteiger partial charge is 0.356 e. The van der Waals surface area contributed by atoms with Gasteiger partial charge in [-0.25, -0.2) is 4.98 Å². The van der Waals surface area contributed by atoms with Crippen LogP contribution in [0.25, 0.3) is 0 Å². The van der Waals surface area contributed by atoms with Gasteiger partial charge in [0.05, 0.1) is 11.6 Å². The van der Waals surface area contributed by atoms with Crippen LogP contribution in [0.2, 0.25) is 0 Å². The number of hydrogen-bond acceptors (Lipinski definition) is 3. The van der Waals surface area contributed by atoms with Gasteiger partial charge in [0, 0.05) is 18.8 Å². The maximum Gasteiger partial charge on any atom is 0.130 e. The van der Waals surface area contributed by atoms with Crippen molar-refractivity contribution in [1.82, 2.24) is 4.98 Å². The minimum Gasteiger partial charge on any atom is -0.356 e. The summed E-state index contributed by atoms with van der Waals surface area (Å²) in [6, 6.07) is 5.96. The Labute approximate surface area is 109 Å². The van der Waals surface area contributed by atoms with Crippen molar-refractivity contribution in [2.24, 2.45) is 5.41 Å². The van der Waals surface area contributed by atoms with E-state index in [1.54, 1.807) is 0 Å². The van der Waals surface area contributed by atoms with Crippen LogP contribution in [-0.4, -0.2) is 18.1 Å². The molecule has 1 saturated heterocycles. The molecule has 3 nitrogen and oxygen atoms in total. The van der Waals surface area contributed by atoms with Gasteiger partial charge in [-0.15, -0.1) is 0 Å². The summed E-state index contributed by atoms with van der Waals surface area (Å²) >= 11 is 0. The second-order valence-corrected chi connectivity index (χ2v) is 5.35. The first-order valence-electron chi connectivity index (χ1n) is 6.76. The van der Waals surface area contributed by atoms with E-state index in [4.69, 9.17) is 5.26 Å². The SMILES string of the molecule is CCC1(CC)CCN(c2cc(C#N)cc(C)n2)C1. The topological polar surface area (TPSA) is 39.9 Å². The molecule has 96 valence electrons. The van der Waals surface area contributed by atoms with Gasteiger partial charge in [0.25, 0.3) is 0 Å². The molecule has 1 aliphatic rings. The number of hydrogen-bond donors (Lipinski definition) is 0. The van der Waals surface area contributed by atoms with Gasteiger partial charge in [-0.1, -0.05) is 13.8 Å². The first-order chi connectivity index (χ1) is 8.62. The number of anilines is 1. The van der Waals surface area contributed by atoms with Crippen LogP contribution in [0.3, 0.4) is 0 Å². The molecule has 0 atom stereocenters. The summed E-state index contributed by atoms with van der Waals surface area (Å²) < 4.78 is 0. The average Bonchev–Trinajstić information content (AvgIpc) is 2.83. The molecule has 3 heteroatoms. The predicted molar refractivity (Wildman–Crippen MR) is 73.5 cm³/mol. The van der Waals surface area contributed by atoms with E-state index in [1.807, 2.05) is 19.1 Å². The van der Waals surface area contributed by atoms with E-state index in [0.717, 1.165) is 24.6 Å². The summed E-state index contributed by atoms with van der Waals surface area (Å²) in [5.74, 6) is 0.968. The molecule has 0 radical (unpaired) electrons. The van der Waals surface area contributed by atoms with E-state index in [1.165, 1.54) is 19.3 Å². The van der Waals surface area contributed by atoms with E-state index in [0.29, 0.717) is 11.0 Å². The summed E-state index contributed by atoms with van der Waals surface area (Å²) in [5.41, 5.74) is 2.08. The molecule has 1 fully saturated rings. The highest BCUT2D eigenvalue weighted by atomic mass is 15.2. The van der Waals surface area contributed by atoms with Gasteiger partial charge in [-0.3, -0.25) is 0 Å². The van der Waals surface area contributed by atoms with Crippen LogP contribution in [0.1, 0.15) is 44.4 Å². The average molecular weight is 243 g/mol. The normalized spacial score (nSPS) is 17.8. The second kappa shape index (κ2) is 4.97. The molecule has 0 bridgehead atoms. The molecule has 0 N–H and O–H groups in total. The second-order valence-electron chi connectivity index (χ2n) is 5.35. The van der Waals surface area contributed by atoms with Gasteiger partial charge < -0.3 is 4.90 Å². The van der Waals surface area contributed by atoms with Gasteiger partial charge in [0.2, 0.25) is 0 Å². The Morgan fingerprint density at radius 3 is 2.67 bits per heavy atom. The molecular weight excluding hydrogens is 222 g/mol. The number of pyridine rings is 1. The van der Waals surface area contributed by atoms with E-state index in [9.17, 15) is 0 Å². The fraction of sp³-hybridized carbons (Fsp3) is 0.600. The van der Waals surface area contributed by atoms with Crippen molar-refractivity contribution in [2.45, 2.75) is 40.0 Å². The van der Waals surface area contributed by atoms with Crippen molar-refractivity contribution >= 4 is 5.82 Å². The number of nitriles is 1. The van der Waals surface area contributed by atoms with Gasteiger partial charge in [-0.2, -0.15) is 5.26 Å². The van der Waals surface area contributed by atoms with Crippen molar-refractivity contribution in [3.8, 4) is 6.07 Å². The zero-order chi connectivity index (χ0) is 13.2. The van der Waals surface area contributed by atoms with Crippen molar-refractivity contribution in [2.75, 3.05) is 18.0 Å². The molecule has 18 heavy (non-hydrogen) atoms. The zero-order valence-corrected chi connectivity index (χ0v) is 11.5. The Hall–Kier alpha value is -1.56. The van der Waals surface area contributed by atoms with Crippen LogP contribution < -0.4 is 4.90 Å². The lowest BCUT2D eigenvalue weighted by atomic mass is 9.82. The zero-order valence-electron chi connectivity index (χ0n) is 11.5. The van der Waals surface area contributed by atoms with Gasteiger partial charge in [0.1, 0.15) is 5.82 Å². The van der Waals surface area contributed by atoms with Crippen LogP contribution in [0.5, 0.6) is 0 Å². The summed E-state index contributed by atoms with van der Waals surface area (Å²) in [5, 5.41) is 9.03. The Morgan fingerprint density at radius 2 is 2.11 bits per heavy atom. The van der Waals surface area contributed by atoms with E-state index in [-0.39, 0.29) is 0 Å². The summed E-state index contributed by atoms with van der Waals surface area (Å²) in [7, 11) is 0. The Bertz CT molecular complexity index is 469. The first-order valence-corrected chi connectivity index (χ1v) is 6.76. The van der Waals surface area contributed by atoms with Crippen molar-refractivity contribution in [3.05, 3.63) is 23.4 Å². The van der Waals surface area contributed by atoms with Crippen LogP contribution in [0.15, 0.2) is 12.1 Å². The highest BCUT2D eigenvalue weighted by Crippen LogP contribution is 2.38. The fourth-order valence-electron chi connectivity index (χ4n) is 2.84. The molecule has 2 heterocycles. The maximum atomic E-state index is 9.03. The quantitative estimate of drug-likeness (QED) is 0.818. The number of nitrogens with zero attached hydrogens (tertiary/aromatic N) is 3. The highest BCUT2D eigenvalue weighted by Gasteiger charge is 2.35. The lowest BCUT2D eigenvalue weighted by Gasteiger charge is -2.26. The van der Waals surface area contributed by atoms with Crippen LogP contribution in [0.4, 0.5) is 5.82 Å². The lowest BCUT2D eigenvalue weighted by molar-refractivity contribution is 0.301. The third kappa shape index (κ3) is 2.33. The van der Waals surface area contributed by atoms with Crippen LogP contribution in [0, 0.1) is 23.7 Å². The summed E-state index contributed by atoms with van der Waals surface area (Å²) in [6.07, 6.45) is 3.67. The van der Waals surface area contributed by atoms with Gasteiger partial charge in [0.15, 0.2) is 0 Å². The Morgan fingerprint density at radius 1 is 1.39 bits per heavy atom. The van der Waals surface area contributed by atoms with Crippen molar-refractivity contribution in [1.29, 1.82) is 5.26 Å². The minimum atomic E-state index is 0.443. The molecule has 1 aliphatic heterocycles. The number of aromatic nitrogens is 1. The fourth-order valence-corrected chi connectivity index (χ4v) is 2.84. The highest BCUT2D eigenvalue weighted by molar-refractivity contribution is 5.47. The standard InChI is InChI=1S/C15H21N3/c1-4-15(5-2)6-7-18(11-15)14-9-13(10-16)8-12(3)17-14/h8-9H,4-7,11H2,1-3H3. The third-order valence-corrected chi connectivity index (χ3v) is 4.33. The monoisotopic (exact) mass is 243 g/mol. The van der Waals surface area contributed by atoms with Gasteiger partial charge >= 0.3 is 0 Å². The molecule has 2 rings (SSSR count). The Balaban J connectivity index is 2.24. The van der Waals surface area contributed by atoms with E-state index in [2.05, 4.69) is 29.8 Å². The van der Waals surface area contributed by atoms with Crippen molar-refractivity contribution in [3.63, 3.8) is 0 Å². The molecule has 0 saturated carbocycles.